The fraction of sp³-hybridized carbons (Fsp3) is 0.417. The molecule has 0 saturated heterocycles. The summed E-state index contributed by atoms with van der Waals surface area (Å²) in [5.74, 6) is 0.329. The SMILES string of the molecule is COCCOc1cc(C)c(C(N)=O)c(C)c1. The van der Waals surface area contributed by atoms with Gasteiger partial charge in [0.25, 0.3) is 0 Å². The second-order valence-corrected chi connectivity index (χ2v) is 3.64. The Balaban J connectivity index is 2.87. The molecule has 0 bridgehead atoms. The van der Waals surface area contributed by atoms with Crippen LogP contribution < -0.4 is 10.5 Å². The molecule has 1 aromatic rings. The van der Waals surface area contributed by atoms with E-state index < -0.39 is 5.91 Å². The number of nitrogens with two attached hydrogens (primary N) is 1. The summed E-state index contributed by atoms with van der Waals surface area (Å²) in [6.07, 6.45) is 0. The minimum absolute atomic E-state index is 0.404. The van der Waals surface area contributed by atoms with Crippen LogP contribution in [0.15, 0.2) is 12.1 Å². The molecule has 0 atom stereocenters. The number of hydrogen-bond acceptors (Lipinski definition) is 3. The van der Waals surface area contributed by atoms with Crippen molar-refractivity contribution in [3.05, 3.63) is 28.8 Å². The minimum Gasteiger partial charge on any atom is -0.491 e. The van der Waals surface area contributed by atoms with Crippen LogP contribution in [0.1, 0.15) is 21.5 Å². The molecule has 2 N–H and O–H groups in total. The Hall–Kier alpha value is -1.55. The Bertz CT molecular complexity index is 365. The first-order valence-corrected chi connectivity index (χ1v) is 5.09. The number of methoxy groups -OCH3 is 1. The van der Waals surface area contributed by atoms with Gasteiger partial charge in [0.15, 0.2) is 0 Å². The summed E-state index contributed by atoms with van der Waals surface area (Å²) in [5.41, 5.74) is 7.52. The number of aryl methyl sites for hydroxylation is 2. The van der Waals surface area contributed by atoms with Crippen LogP contribution in [0.5, 0.6) is 5.75 Å². The number of carbonyl (C=O) groups excluding carboxylic acids is 1. The highest BCUT2D eigenvalue weighted by atomic mass is 16.5. The maximum Gasteiger partial charge on any atom is 0.249 e. The largest absolute Gasteiger partial charge is 0.491 e. The van der Waals surface area contributed by atoms with E-state index in [1.54, 1.807) is 7.11 Å². The minimum atomic E-state index is -0.404. The normalized spacial score (nSPS) is 10.2. The van der Waals surface area contributed by atoms with E-state index in [1.165, 1.54) is 0 Å². The molecule has 16 heavy (non-hydrogen) atoms. The molecule has 1 aromatic carbocycles. The highest BCUT2D eigenvalue weighted by Gasteiger charge is 2.10. The van der Waals surface area contributed by atoms with Gasteiger partial charge in [0, 0.05) is 12.7 Å². The zero-order valence-corrected chi connectivity index (χ0v) is 9.87. The van der Waals surface area contributed by atoms with E-state index in [-0.39, 0.29) is 0 Å². The van der Waals surface area contributed by atoms with Gasteiger partial charge in [0.05, 0.1) is 6.61 Å². The summed E-state index contributed by atoms with van der Waals surface area (Å²) in [6.45, 7) is 4.72. The van der Waals surface area contributed by atoms with Gasteiger partial charge in [-0.05, 0) is 37.1 Å². The van der Waals surface area contributed by atoms with E-state index in [0.717, 1.165) is 16.9 Å². The van der Waals surface area contributed by atoms with Gasteiger partial charge in [-0.25, -0.2) is 0 Å². The number of rotatable bonds is 5. The van der Waals surface area contributed by atoms with Crippen molar-refractivity contribution in [2.45, 2.75) is 13.8 Å². The summed E-state index contributed by atoms with van der Waals surface area (Å²) >= 11 is 0. The molecule has 0 aliphatic heterocycles. The van der Waals surface area contributed by atoms with Crippen LogP contribution >= 0.6 is 0 Å². The second kappa shape index (κ2) is 5.51. The molecule has 0 unspecified atom stereocenters. The van der Waals surface area contributed by atoms with E-state index in [1.807, 2.05) is 26.0 Å². The maximum atomic E-state index is 11.2. The van der Waals surface area contributed by atoms with Crippen LogP contribution in [-0.4, -0.2) is 26.2 Å². The van der Waals surface area contributed by atoms with Crippen molar-refractivity contribution in [2.24, 2.45) is 5.73 Å². The van der Waals surface area contributed by atoms with Crippen molar-refractivity contribution in [1.82, 2.24) is 0 Å². The number of benzene rings is 1. The molecule has 0 aromatic heterocycles. The topological polar surface area (TPSA) is 61.6 Å². The maximum absolute atomic E-state index is 11.2. The Morgan fingerprint density at radius 2 is 1.81 bits per heavy atom. The van der Waals surface area contributed by atoms with Crippen molar-refractivity contribution < 1.29 is 14.3 Å². The highest BCUT2D eigenvalue weighted by molar-refractivity contribution is 5.96. The molecule has 0 saturated carbocycles. The molecular formula is C12H17NO3. The van der Waals surface area contributed by atoms with Crippen LogP contribution in [-0.2, 0) is 4.74 Å². The predicted molar refractivity (Wildman–Crippen MR) is 61.8 cm³/mol. The third-order valence-corrected chi connectivity index (χ3v) is 2.31. The van der Waals surface area contributed by atoms with Crippen LogP contribution in [0, 0.1) is 13.8 Å². The molecule has 4 heteroatoms. The average molecular weight is 223 g/mol. The number of carbonyl (C=O) groups is 1. The number of ether oxygens (including phenoxy) is 2. The predicted octanol–water partition coefficient (Wildman–Crippen LogP) is 1.43. The molecule has 0 spiro atoms. The summed E-state index contributed by atoms with van der Waals surface area (Å²) in [4.78, 5) is 11.2. The second-order valence-electron chi connectivity index (χ2n) is 3.64. The van der Waals surface area contributed by atoms with Gasteiger partial charge in [-0.3, -0.25) is 4.79 Å². The molecule has 4 nitrogen and oxygen atoms in total. The van der Waals surface area contributed by atoms with Gasteiger partial charge in [-0.15, -0.1) is 0 Å². The first kappa shape index (κ1) is 12.5. The first-order valence-electron chi connectivity index (χ1n) is 5.09. The molecule has 1 amide bonds. The summed E-state index contributed by atoms with van der Waals surface area (Å²) in [7, 11) is 1.62. The molecule has 0 heterocycles. The fourth-order valence-corrected chi connectivity index (χ4v) is 1.64. The van der Waals surface area contributed by atoms with Crippen LogP contribution in [0.3, 0.4) is 0 Å². The molecule has 88 valence electrons. The van der Waals surface area contributed by atoms with Crippen LogP contribution in [0.4, 0.5) is 0 Å². The molecule has 1 rings (SSSR count). The first-order chi connectivity index (χ1) is 7.56. The molecule has 0 aliphatic rings. The smallest absolute Gasteiger partial charge is 0.249 e. The Morgan fingerprint density at radius 1 is 1.25 bits per heavy atom. The molecule has 0 radical (unpaired) electrons. The lowest BCUT2D eigenvalue weighted by Gasteiger charge is -2.11. The summed E-state index contributed by atoms with van der Waals surface area (Å²) < 4.78 is 10.4. The lowest BCUT2D eigenvalue weighted by atomic mass is 10.0. The Labute approximate surface area is 95.3 Å². The number of amides is 1. The molecule has 0 fully saturated rings. The number of primary amides is 1. The van der Waals surface area contributed by atoms with E-state index in [4.69, 9.17) is 15.2 Å². The van der Waals surface area contributed by atoms with Gasteiger partial charge in [-0.1, -0.05) is 0 Å². The molecule has 0 aliphatic carbocycles. The third kappa shape index (κ3) is 2.97. The van der Waals surface area contributed by atoms with Gasteiger partial charge < -0.3 is 15.2 Å². The van der Waals surface area contributed by atoms with Gasteiger partial charge >= 0.3 is 0 Å². The average Bonchev–Trinajstić information content (AvgIpc) is 2.16. The Morgan fingerprint density at radius 3 is 2.25 bits per heavy atom. The van der Waals surface area contributed by atoms with Crippen LogP contribution in [0.25, 0.3) is 0 Å². The quantitative estimate of drug-likeness (QED) is 0.768. The van der Waals surface area contributed by atoms with Crippen LogP contribution in [0.2, 0.25) is 0 Å². The summed E-state index contributed by atoms with van der Waals surface area (Å²) in [5, 5.41) is 0. The van der Waals surface area contributed by atoms with E-state index >= 15 is 0 Å². The monoisotopic (exact) mass is 223 g/mol. The zero-order chi connectivity index (χ0) is 12.1. The Kier molecular flexibility index (Phi) is 4.31. The van der Waals surface area contributed by atoms with E-state index in [9.17, 15) is 4.79 Å². The van der Waals surface area contributed by atoms with Crippen molar-refractivity contribution in [3.63, 3.8) is 0 Å². The van der Waals surface area contributed by atoms with Crippen molar-refractivity contribution in [1.29, 1.82) is 0 Å². The summed E-state index contributed by atoms with van der Waals surface area (Å²) in [6, 6.07) is 3.62. The standard InChI is InChI=1S/C12H17NO3/c1-8-6-10(16-5-4-15-3)7-9(2)11(8)12(13)14/h6-7H,4-5H2,1-3H3,(H2,13,14). The lowest BCUT2D eigenvalue weighted by Crippen LogP contribution is -2.15. The van der Waals surface area contributed by atoms with E-state index in [2.05, 4.69) is 0 Å². The third-order valence-electron chi connectivity index (χ3n) is 2.31. The van der Waals surface area contributed by atoms with E-state index in [0.29, 0.717) is 18.8 Å². The molecular weight excluding hydrogens is 206 g/mol. The van der Waals surface area contributed by atoms with Crippen molar-refractivity contribution >= 4 is 5.91 Å². The fourth-order valence-electron chi connectivity index (χ4n) is 1.64. The van der Waals surface area contributed by atoms with Gasteiger partial charge in [0.1, 0.15) is 12.4 Å². The lowest BCUT2D eigenvalue weighted by molar-refractivity contribution is 0.0999. The van der Waals surface area contributed by atoms with Gasteiger partial charge in [0.2, 0.25) is 5.91 Å². The highest BCUT2D eigenvalue weighted by Crippen LogP contribution is 2.21. The zero-order valence-electron chi connectivity index (χ0n) is 9.87. The van der Waals surface area contributed by atoms with Crippen molar-refractivity contribution in [2.75, 3.05) is 20.3 Å². The van der Waals surface area contributed by atoms with Crippen molar-refractivity contribution in [3.8, 4) is 5.75 Å². The number of hydrogen-bond donors (Lipinski definition) is 1. The van der Waals surface area contributed by atoms with Gasteiger partial charge in [-0.2, -0.15) is 0 Å².